The van der Waals surface area contributed by atoms with E-state index in [9.17, 15) is 0 Å². The number of nitrogens with one attached hydrogen (secondary N) is 2. The molecular formula is C24H18Cl2FN3O2. The van der Waals surface area contributed by atoms with E-state index in [0.717, 1.165) is 5.56 Å². The van der Waals surface area contributed by atoms with E-state index in [1.165, 1.54) is 30.3 Å². The fourth-order valence-corrected chi connectivity index (χ4v) is 3.45. The van der Waals surface area contributed by atoms with Crippen LogP contribution in [0.15, 0.2) is 54.6 Å². The average molecular weight is 470 g/mol. The van der Waals surface area contributed by atoms with Crippen LogP contribution >= 0.6 is 23.2 Å². The molecule has 0 fully saturated rings. The first-order valence-corrected chi connectivity index (χ1v) is 10.4. The van der Waals surface area contributed by atoms with Gasteiger partial charge in [0.05, 0.1) is 23.1 Å². The molecule has 0 aliphatic heterocycles. The number of benzene rings is 3. The van der Waals surface area contributed by atoms with Crippen LogP contribution in [0.1, 0.15) is 29.2 Å². The van der Waals surface area contributed by atoms with Crippen molar-refractivity contribution in [1.82, 2.24) is 0 Å². The summed E-state index contributed by atoms with van der Waals surface area (Å²) in [5.41, 5.74) is 1.85. The summed E-state index contributed by atoms with van der Waals surface area (Å²) in [5, 5.41) is 25.6. The van der Waals surface area contributed by atoms with Crippen LogP contribution < -0.4 is 4.74 Å². The lowest BCUT2D eigenvalue weighted by molar-refractivity contribution is 0.438. The molecule has 5 nitrogen and oxygen atoms in total. The van der Waals surface area contributed by atoms with Crippen LogP contribution in [0.2, 0.25) is 10.0 Å². The van der Waals surface area contributed by atoms with Gasteiger partial charge in [-0.15, -0.1) is 0 Å². The van der Waals surface area contributed by atoms with E-state index in [0.29, 0.717) is 12.0 Å². The van der Waals surface area contributed by atoms with Gasteiger partial charge in [0, 0.05) is 16.1 Å². The summed E-state index contributed by atoms with van der Waals surface area (Å²) in [7, 11) is 0. The van der Waals surface area contributed by atoms with Gasteiger partial charge in [0.2, 0.25) is 5.90 Å². The van der Waals surface area contributed by atoms with Crippen molar-refractivity contribution in [2.24, 2.45) is 0 Å². The van der Waals surface area contributed by atoms with Gasteiger partial charge in [-0.3, -0.25) is 10.8 Å². The van der Waals surface area contributed by atoms with Gasteiger partial charge in [0.15, 0.2) is 17.5 Å². The Balaban J connectivity index is 1.79. The number of halogens is 3. The molecule has 0 atom stereocenters. The monoisotopic (exact) mass is 469 g/mol. The van der Waals surface area contributed by atoms with Crippen LogP contribution in [-0.2, 0) is 17.6 Å². The van der Waals surface area contributed by atoms with E-state index < -0.39 is 5.82 Å². The first kappa shape index (κ1) is 23.3. The average Bonchev–Trinajstić information content (AvgIpc) is 2.78. The fraction of sp³-hybridized carbons (Fsp3) is 0.125. The van der Waals surface area contributed by atoms with Crippen molar-refractivity contribution in [3.05, 3.63) is 92.7 Å². The Kier molecular flexibility index (Phi) is 7.47. The van der Waals surface area contributed by atoms with E-state index in [-0.39, 0.29) is 50.9 Å². The Morgan fingerprint density at radius 3 is 2.53 bits per heavy atom. The molecule has 0 aliphatic carbocycles. The summed E-state index contributed by atoms with van der Waals surface area (Å²) in [6, 6.07) is 16.4. The molecule has 0 bridgehead atoms. The van der Waals surface area contributed by atoms with Gasteiger partial charge >= 0.3 is 0 Å². The lowest BCUT2D eigenvalue weighted by Crippen LogP contribution is -2.16. The van der Waals surface area contributed by atoms with Gasteiger partial charge in [-0.05, 0) is 42.3 Å². The highest BCUT2D eigenvalue weighted by Crippen LogP contribution is 2.35. The molecule has 0 aromatic heterocycles. The molecule has 0 spiro atoms. The van der Waals surface area contributed by atoms with Crippen molar-refractivity contribution < 1.29 is 13.9 Å². The van der Waals surface area contributed by atoms with E-state index in [2.05, 4.69) is 0 Å². The zero-order valence-corrected chi connectivity index (χ0v) is 18.5. The zero-order valence-electron chi connectivity index (χ0n) is 17.0. The minimum Gasteiger partial charge on any atom is -0.453 e. The number of hydrogen-bond donors (Lipinski definition) is 2. The normalized spacial score (nSPS) is 10.3. The Morgan fingerprint density at radius 2 is 1.81 bits per heavy atom. The molecule has 32 heavy (non-hydrogen) atoms. The van der Waals surface area contributed by atoms with Gasteiger partial charge in [-0.25, -0.2) is 4.39 Å². The largest absolute Gasteiger partial charge is 0.453 e. The number of aryl methyl sites for hydroxylation is 1. The molecule has 8 heteroatoms. The smallest absolute Gasteiger partial charge is 0.221 e. The lowest BCUT2D eigenvalue weighted by atomic mass is 10.1. The Labute approximate surface area is 194 Å². The third-order valence-corrected chi connectivity index (χ3v) is 5.08. The number of nitriles is 1. The predicted molar refractivity (Wildman–Crippen MR) is 123 cm³/mol. The molecule has 0 amide bonds. The third kappa shape index (κ3) is 5.44. The summed E-state index contributed by atoms with van der Waals surface area (Å²) in [6.07, 6.45) is 0.494. The van der Waals surface area contributed by atoms with Crippen LogP contribution in [0.4, 0.5) is 4.39 Å². The summed E-state index contributed by atoms with van der Waals surface area (Å²) >= 11 is 12.1. The third-order valence-electron chi connectivity index (χ3n) is 4.57. The van der Waals surface area contributed by atoms with E-state index in [4.69, 9.17) is 48.8 Å². The van der Waals surface area contributed by atoms with Gasteiger partial charge in [-0.2, -0.15) is 5.26 Å². The van der Waals surface area contributed by atoms with E-state index in [1.807, 2.05) is 25.1 Å². The van der Waals surface area contributed by atoms with Crippen LogP contribution in [0.25, 0.3) is 0 Å². The Hall–Kier alpha value is -3.40. The SMILES string of the molecule is CCc1ccccc1C(=N)OC(=N)Cc1ccc(Cl)c(Oc2cc(Cl)cc(C#N)c2)c1F. The molecule has 3 aromatic carbocycles. The van der Waals surface area contributed by atoms with Crippen LogP contribution in [-0.4, -0.2) is 11.8 Å². The standard InChI is InChI=1S/C24H18Cl2FN3O2/c1-2-15-5-3-4-6-19(15)24(30)32-21(29)11-16-7-8-20(26)23(22(16)27)31-18-10-14(13-28)9-17(25)12-18/h3-10,12,29-30H,2,11H2,1H3. The number of rotatable bonds is 6. The second kappa shape index (κ2) is 10.3. The summed E-state index contributed by atoms with van der Waals surface area (Å²) < 4.78 is 26.0. The van der Waals surface area contributed by atoms with Crippen molar-refractivity contribution in [2.45, 2.75) is 19.8 Å². The van der Waals surface area contributed by atoms with Crippen molar-refractivity contribution in [2.75, 3.05) is 0 Å². The number of nitrogens with zero attached hydrogens (tertiary/aromatic N) is 1. The maximum atomic E-state index is 15.1. The van der Waals surface area contributed by atoms with E-state index >= 15 is 4.39 Å². The maximum absolute atomic E-state index is 15.1. The molecule has 3 aromatic rings. The molecule has 0 heterocycles. The summed E-state index contributed by atoms with van der Waals surface area (Å²) in [6.45, 7) is 1.96. The first-order chi connectivity index (χ1) is 15.3. The molecule has 0 saturated carbocycles. The first-order valence-electron chi connectivity index (χ1n) is 9.59. The molecule has 0 aliphatic rings. The minimum absolute atomic E-state index is 0.0156. The van der Waals surface area contributed by atoms with Crippen molar-refractivity contribution >= 4 is 35.0 Å². The van der Waals surface area contributed by atoms with Gasteiger partial charge in [0.25, 0.3) is 0 Å². The highest BCUT2D eigenvalue weighted by atomic mass is 35.5. The number of ether oxygens (including phenoxy) is 2. The number of hydrogen-bond acceptors (Lipinski definition) is 5. The zero-order chi connectivity index (χ0) is 23.3. The molecule has 3 rings (SSSR count). The Bertz CT molecular complexity index is 1240. The second-order valence-electron chi connectivity index (χ2n) is 6.78. The lowest BCUT2D eigenvalue weighted by Gasteiger charge is -2.14. The van der Waals surface area contributed by atoms with Gasteiger partial charge in [0.1, 0.15) is 5.75 Å². The van der Waals surface area contributed by atoms with Gasteiger partial charge < -0.3 is 9.47 Å². The summed E-state index contributed by atoms with van der Waals surface area (Å²) in [4.78, 5) is 0. The summed E-state index contributed by atoms with van der Waals surface area (Å²) in [5.74, 6) is -1.36. The molecule has 2 N–H and O–H groups in total. The van der Waals surface area contributed by atoms with Crippen LogP contribution in [0.3, 0.4) is 0 Å². The highest BCUT2D eigenvalue weighted by molar-refractivity contribution is 6.32. The molecule has 0 radical (unpaired) electrons. The molecule has 0 saturated heterocycles. The maximum Gasteiger partial charge on any atom is 0.221 e. The van der Waals surface area contributed by atoms with Crippen molar-refractivity contribution in [3.63, 3.8) is 0 Å². The van der Waals surface area contributed by atoms with Crippen molar-refractivity contribution in [1.29, 1.82) is 16.1 Å². The van der Waals surface area contributed by atoms with E-state index in [1.54, 1.807) is 12.1 Å². The Morgan fingerprint density at radius 1 is 1.06 bits per heavy atom. The predicted octanol–water partition coefficient (Wildman–Crippen LogP) is 6.92. The topological polar surface area (TPSA) is 89.9 Å². The molecule has 0 unspecified atom stereocenters. The quantitative estimate of drug-likeness (QED) is 0.303. The molecule has 162 valence electrons. The fourth-order valence-electron chi connectivity index (χ4n) is 3.04. The van der Waals surface area contributed by atoms with Crippen molar-refractivity contribution in [3.8, 4) is 17.6 Å². The van der Waals surface area contributed by atoms with Gasteiger partial charge in [-0.1, -0.05) is 54.4 Å². The van der Waals surface area contributed by atoms with Crippen LogP contribution in [0.5, 0.6) is 11.5 Å². The second-order valence-corrected chi connectivity index (χ2v) is 7.62. The highest BCUT2D eigenvalue weighted by Gasteiger charge is 2.18. The molecular weight excluding hydrogens is 452 g/mol. The van der Waals surface area contributed by atoms with Crippen LogP contribution in [0, 0.1) is 28.0 Å². The minimum atomic E-state index is -0.773.